The van der Waals surface area contributed by atoms with Crippen LogP contribution in [0.1, 0.15) is 23.7 Å². The number of ether oxygens (including phenoxy) is 1. The van der Waals surface area contributed by atoms with Crippen molar-refractivity contribution in [3.8, 4) is 0 Å². The van der Waals surface area contributed by atoms with Crippen LogP contribution < -0.4 is 0 Å². The van der Waals surface area contributed by atoms with E-state index in [0.29, 0.717) is 19.7 Å². The fourth-order valence-corrected chi connectivity index (χ4v) is 2.09. The van der Waals surface area contributed by atoms with Crippen LogP contribution >= 0.6 is 12.6 Å². The van der Waals surface area contributed by atoms with Crippen molar-refractivity contribution in [2.75, 3.05) is 19.7 Å². The lowest BCUT2D eigenvalue weighted by Gasteiger charge is -2.32. The zero-order valence-corrected chi connectivity index (χ0v) is 10.8. The van der Waals surface area contributed by atoms with Gasteiger partial charge in [0.2, 0.25) is 0 Å². The first kappa shape index (κ1) is 12.5. The quantitative estimate of drug-likeness (QED) is 0.817. The molecule has 1 aliphatic heterocycles. The molecule has 1 heterocycles. The van der Waals surface area contributed by atoms with Crippen LogP contribution in [-0.2, 0) is 4.74 Å². The number of thiol groups is 1. The fourth-order valence-electron chi connectivity index (χ4n) is 1.94. The van der Waals surface area contributed by atoms with Crippen molar-refractivity contribution in [1.82, 2.24) is 4.90 Å². The minimum atomic E-state index is 0.0834. The molecular weight excluding hydrogens is 234 g/mol. The molecule has 1 amide bonds. The average molecular weight is 251 g/mol. The van der Waals surface area contributed by atoms with E-state index in [1.165, 1.54) is 0 Å². The van der Waals surface area contributed by atoms with Crippen LogP contribution in [-0.4, -0.2) is 36.6 Å². The van der Waals surface area contributed by atoms with Gasteiger partial charge < -0.3 is 9.64 Å². The number of nitrogens with zero attached hydrogens (tertiary/aromatic N) is 1. The summed E-state index contributed by atoms with van der Waals surface area (Å²) in [5.41, 5.74) is 0.722. The lowest BCUT2D eigenvalue weighted by atomic mass is 10.1. The van der Waals surface area contributed by atoms with Crippen LogP contribution in [0, 0.1) is 0 Å². The Balaban J connectivity index is 2.06. The Bertz CT molecular complexity index is 391. The van der Waals surface area contributed by atoms with Gasteiger partial charge in [-0.1, -0.05) is 6.92 Å². The molecule has 4 heteroatoms. The third kappa shape index (κ3) is 3.01. The number of carbonyl (C=O) groups excluding carboxylic acids is 1. The largest absolute Gasteiger partial charge is 0.375 e. The molecule has 92 valence electrons. The molecule has 1 unspecified atom stereocenters. The minimum Gasteiger partial charge on any atom is -0.375 e. The highest BCUT2D eigenvalue weighted by Gasteiger charge is 2.23. The van der Waals surface area contributed by atoms with E-state index in [1.54, 1.807) is 0 Å². The molecule has 0 aromatic heterocycles. The van der Waals surface area contributed by atoms with Crippen molar-refractivity contribution in [2.45, 2.75) is 24.3 Å². The van der Waals surface area contributed by atoms with Gasteiger partial charge in [-0.3, -0.25) is 4.79 Å². The van der Waals surface area contributed by atoms with E-state index < -0.39 is 0 Å². The molecule has 0 spiro atoms. The zero-order valence-electron chi connectivity index (χ0n) is 9.93. The third-order valence-electron chi connectivity index (χ3n) is 3.00. The molecule has 0 saturated carbocycles. The molecule has 2 rings (SSSR count). The molecule has 17 heavy (non-hydrogen) atoms. The van der Waals surface area contributed by atoms with Crippen molar-refractivity contribution in [2.24, 2.45) is 0 Å². The second-order valence-electron chi connectivity index (χ2n) is 4.20. The van der Waals surface area contributed by atoms with Crippen LogP contribution in [0.25, 0.3) is 0 Å². The first-order valence-corrected chi connectivity index (χ1v) is 6.35. The lowest BCUT2D eigenvalue weighted by molar-refractivity contribution is -0.0226. The number of amides is 1. The molecule has 0 N–H and O–H groups in total. The lowest BCUT2D eigenvalue weighted by Crippen LogP contribution is -2.45. The van der Waals surface area contributed by atoms with Gasteiger partial charge in [-0.05, 0) is 30.7 Å². The SMILES string of the molecule is CCC1CN(C(=O)c2ccc(S)cc2)CCO1. The normalized spacial score (nSPS) is 20.4. The number of benzene rings is 1. The van der Waals surface area contributed by atoms with E-state index in [-0.39, 0.29) is 12.0 Å². The maximum atomic E-state index is 12.2. The second kappa shape index (κ2) is 5.56. The number of morpholine rings is 1. The molecular formula is C13H17NO2S. The van der Waals surface area contributed by atoms with E-state index in [0.717, 1.165) is 16.9 Å². The molecule has 1 fully saturated rings. The van der Waals surface area contributed by atoms with Crippen molar-refractivity contribution in [1.29, 1.82) is 0 Å². The molecule has 1 aliphatic rings. The summed E-state index contributed by atoms with van der Waals surface area (Å²) < 4.78 is 5.56. The summed E-state index contributed by atoms with van der Waals surface area (Å²) in [7, 11) is 0. The summed E-state index contributed by atoms with van der Waals surface area (Å²) in [5.74, 6) is 0.0834. The van der Waals surface area contributed by atoms with Crippen LogP contribution in [0.3, 0.4) is 0 Å². The van der Waals surface area contributed by atoms with E-state index in [1.807, 2.05) is 29.2 Å². The van der Waals surface area contributed by atoms with E-state index >= 15 is 0 Å². The van der Waals surface area contributed by atoms with Gasteiger partial charge in [-0.15, -0.1) is 12.6 Å². The minimum absolute atomic E-state index is 0.0834. The van der Waals surface area contributed by atoms with Crippen molar-refractivity contribution < 1.29 is 9.53 Å². The summed E-state index contributed by atoms with van der Waals surface area (Å²) >= 11 is 4.21. The van der Waals surface area contributed by atoms with Gasteiger partial charge in [0, 0.05) is 23.5 Å². The molecule has 1 saturated heterocycles. The Morgan fingerprint density at radius 3 is 2.82 bits per heavy atom. The predicted molar refractivity (Wildman–Crippen MR) is 69.6 cm³/mol. The number of rotatable bonds is 2. The molecule has 1 atom stereocenters. The Labute approximate surface area is 107 Å². The van der Waals surface area contributed by atoms with E-state index in [9.17, 15) is 4.79 Å². The van der Waals surface area contributed by atoms with Crippen molar-refractivity contribution in [3.05, 3.63) is 29.8 Å². The molecule has 1 aromatic rings. The highest BCUT2D eigenvalue weighted by atomic mass is 32.1. The van der Waals surface area contributed by atoms with Crippen LogP contribution in [0.2, 0.25) is 0 Å². The van der Waals surface area contributed by atoms with Gasteiger partial charge in [-0.25, -0.2) is 0 Å². The summed E-state index contributed by atoms with van der Waals surface area (Å²) in [4.78, 5) is 15.0. The molecule has 0 aliphatic carbocycles. The Morgan fingerprint density at radius 2 is 2.18 bits per heavy atom. The van der Waals surface area contributed by atoms with Crippen molar-refractivity contribution >= 4 is 18.5 Å². The van der Waals surface area contributed by atoms with E-state index in [2.05, 4.69) is 19.6 Å². The Morgan fingerprint density at radius 1 is 1.47 bits per heavy atom. The van der Waals surface area contributed by atoms with Crippen LogP contribution in [0.5, 0.6) is 0 Å². The highest BCUT2D eigenvalue weighted by molar-refractivity contribution is 7.80. The van der Waals surface area contributed by atoms with Gasteiger partial charge in [0.1, 0.15) is 0 Å². The number of hydrogen-bond donors (Lipinski definition) is 1. The topological polar surface area (TPSA) is 29.5 Å². The molecule has 0 bridgehead atoms. The van der Waals surface area contributed by atoms with Crippen LogP contribution in [0.4, 0.5) is 0 Å². The van der Waals surface area contributed by atoms with Crippen LogP contribution in [0.15, 0.2) is 29.2 Å². The summed E-state index contributed by atoms with van der Waals surface area (Å²) in [6, 6.07) is 7.32. The van der Waals surface area contributed by atoms with Gasteiger partial charge >= 0.3 is 0 Å². The van der Waals surface area contributed by atoms with Gasteiger partial charge in [0.05, 0.1) is 12.7 Å². The number of carbonyl (C=O) groups is 1. The van der Waals surface area contributed by atoms with E-state index in [4.69, 9.17) is 4.74 Å². The molecule has 0 radical (unpaired) electrons. The van der Waals surface area contributed by atoms with Gasteiger partial charge in [-0.2, -0.15) is 0 Å². The number of hydrogen-bond acceptors (Lipinski definition) is 3. The zero-order chi connectivity index (χ0) is 12.3. The molecule has 3 nitrogen and oxygen atoms in total. The van der Waals surface area contributed by atoms with Gasteiger partial charge in [0.15, 0.2) is 0 Å². The summed E-state index contributed by atoms with van der Waals surface area (Å²) in [5, 5.41) is 0. The maximum Gasteiger partial charge on any atom is 0.254 e. The second-order valence-corrected chi connectivity index (χ2v) is 4.72. The Kier molecular flexibility index (Phi) is 4.07. The van der Waals surface area contributed by atoms with Crippen molar-refractivity contribution in [3.63, 3.8) is 0 Å². The first-order valence-electron chi connectivity index (χ1n) is 5.90. The summed E-state index contributed by atoms with van der Waals surface area (Å²) in [6.45, 7) is 4.08. The average Bonchev–Trinajstić information content (AvgIpc) is 2.39. The third-order valence-corrected chi connectivity index (χ3v) is 3.29. The Hall–Kier alpha value is -1.00. The summed E-state index contributed by atoms with van der Waals surface area (Å²) in [6.07, 6.45) is 1.12. The maximum absolute atomic E-state index is 12.2. The fraction of sp³-hybridized carbons (Fsp3) is 0.462. The molecule has 1 aromatic carbocycles. The van der Waals surface area contributed by atoms with Gasteiger partial charge in [0.25, 0.3) is 5.91 Å². The monoisotopic (exact) mass is 251 g/mol. The standard InChI is InChI=1S/C13H17NO2S/c1-2-11-9-14(7-8-16-11)13(15)10-3-5-12(17)6-4-10/h3-6,11,17H,2,7-9H2,1H3. The predicted octanol–water partition coefficient (Wildman–Crippen LogP) is 2.23. The smallest absolute Gasteiger partial charge is 0.254 e. The highest BCUT2D eigenvalue weighted by Crippen LogP contribution is 2.14. The first-order chi connectivity index (χ1) is 8.20.